The lowest BCUT2D eigenvalue weighted by Gasteiger charge is -2.31. The second kappa shape index (κ2) is 24.4. The number of likely N-dealkylation sites (tertiary alicyclic amines) is 1. The van der Waals surface area contributed by atoms with Gasteiger partial charge in [-0.05, 0) is 53.8 Å². The molecule has 22 heteroatoms. The number of aromatic amines is 1. The predicted octanol–water partition coefficient (Wildman–Crippen LogP) is 6.72. The van der Waals surface area contributed by atoms with Gasteiger partial charge < -0.3 is 50.4 Å². The number of alkyl halides is 6. The molecule has 0 bridgehead atoms. The van der Waals surface area contributed by atoms with E-state index in [9.17, 15) is 50.9 Å². The number of piperidine rings is 1. The first kappa shape index (κ1) is 52.5. The van der Waals surface area contributed by atoms with Crippen molar-refractivity contribution in [2.24, 2.45) is 0 Å². The number of aliphatic carboxylic acids is 2. The van der Waals surface area contributed by atoms with Crippen molar-refractivity contribution in [2.45, 2.75) is 56.9 Å². The Hall–Kier alpha value is -7.17. The van der Waals surface area contributed by atoms with E-state index in [1.807, 2.05) is 72.8 Å². The number of anilines is 1. The van der Waals surface area contributed by atoms with Crippen LogP contribution in [-0.2, 0) is 32.2 Å². The number of aliphatic hydroxyl groups excluding tert-OH is 1. The number of phenols is 1. The Morgan fingerprint density at radius 3 is 2.09 bits per heavy atom. The van der Waals surface area contributed by atoms with E-state index in [0.717, 1.165) is 35.3 Å². The molecule has 0 unspecified atom stereocenters. The van der Waals surface area contributed by atoms with E-state index >= 15 is 0 Å². The van der Waals surface area contributed by atoms with Gasteiger partial charge >= 0.3 is 30.4 Å². The van der Waals surface area contributed by atoms with Crippen LogP contribution in [0.15, 0.2) is 102 Å². The molecular formula is C45H47F6N5O11. The average Bonchev–Trinajstić information content (AvgIpc) is 3.28. The molecule has 0 radical (unpaired) electrons. The maximum atomic E-state index is 12.7. The number of aromatic hydroxyl groups is 1. The standard InChI is InChI=1S/C41H45N5O7.2C2HF3O2/c1-52-37-23-27(11-12-29(37)25-42-26-36(48)32-13-15-35(47)40-33(32)14-16-39(50)45-40)24-43-38(49)19-22-46-20-17-30(18-21-46)53-41(51)44-34-10-6-5-9-31(34)28-7-3-2-4-8-28;2*3-2(4,5)1(6)7/h2-16,23,30,36,42,47-48H,17-22,24-26H2,1H3,(H,43,49)(H,44,51)(H,45,50);2*(H,6,7)/t36-;;/m0../s1. The molecule has 2 amide bonds. The van der Waals surface area contributed by atoms with Crippen LogP contribution in [0.5, 0.6) is 11.5 Å². The Balaban J connectivity index is 0.000000608. The Kier molecular flexibility index (Phi) is 19.1. The minimum atomic E-state index is -5.08. The summed E-state index contributed by atoms with van der Waals surface area (Å²) in [6.45, 7) is 3.10. The molecule has 8 N–H and O–H groups in total. The molecule has 0 aliphatic carbocycles. The summed E-state index contributed by atoms with van der Waals surface area (Å²) < 4.78 is 74.8. The molecule has 4 aromatic carbocycles. The zero-order valence-corrected chi connectivity index (χ0v) is 35.6. The van der Waals surface area contributed by atoms with Crippen LogP contribution in [-0.4, -0.2) is 106 Å². The monoisotopic (exact) mass is 947 g/mol. The molecule has 5 aromatic rings. The van der Waals surface area contributed by atoms with Gasteiger partial charge in [-0.25, -0.2) is 14.4 Å². The topological polar surface area (TPSA) is 240 Å². The Morgan fingerprint density at radius 2 is 1.46 bits per heavy atom. The Morgan fingerprint density at radius 1 is 0.836 bits per heavy atom. The SMILES string of the molecule is COc1cc(CNC(=O)CCN2CCC(OC(=O)Nc3ccccc3-c3ccccc3)CC2)ccc1CNC[C@H](O)c1ccc(O)c2[nH]c(=O)ccc12.O=C(O)C(F)(F)F.O=C(O)C(F)(F)F. The lowest BCUT2D eigenvalue weighted by atomic mass is 10.0. The van der Waals surface area contributed by atoms with E-state index in [4.69, 9.17) is 29.3 Å². The third-order valence-electron chi connectivity index (χ3n) is 9.96. The molecule has 1 aliphatic heterocycles. The lowest BCUT2D eigenvalue weighted by molar-refractivity contribution is -0.193. The molecular weight excluding hydrogens is 901 g/mol. The largest absolute Gasteiger partial charge is 0.506 e. The molecule has 1 aromatic heterocycles. The third-order valence-corrected chi connectivity index (χ3v) is 9.96. The zero-order valence-electron chi connectivity index (χ0n) is 35.6. The van der Waals surface area contributed by atoms with Gasteiger partial charge in [-0.1, -0.05) is 66.7 Å². The number of rotatable bonds is 14. The molecule has 16 nitrogen and oxygen atoms in total. The second-order valence-corrected chi connectivity index (χ2v) is 14.7. The molecule has 1 fully saturated rings. The van der Waals surface area contributed by atoms with Gasteiger partial charge in [0, 0.05) is 68.3 Å². The number of carboxylic acid groups (broad SMARTS) is 2. The summed E-state index contributed by atoms with van der Waals surface area (Å²) in [6.07, 6.45) is -9.95. The predicted molar refractivity (Wildman–Crippen MR) is 231 cm³/mol. The summed E-state index contributed by atoms with van der Waals surface area (Å²) in [4.78, 5) is 59.8. The van der Waals surface area contributed by atoms with Crippen molar-refractivity contribution in [3.05, 3.63) is 124 Å². The maximum Gasteiger partial charge on any atom is 0.490 e. The molecule has 0 spiro atoms. The average molecular weight is 948 g/mol. The normalized spacial score (nSPS) is 13.5. The van der Waals surface area contributed by atoms with Gasteiger partial charge in [-0.3, -0.25) is 14.9 Å². The van der Waals surface area contributed by atoms with Crippen LogP contribution in [0.25, 0.3) is 22.0 Å². The van der Waals surface area contributed by atoms with E-state index < -0.39 is 36.5 Å². The van der Waals surface area contributed by atoms with E-state index in [0.29, 0.717) is 61.3 Å². The summed E-state index contributed by atoms with van der Waals surface area (Å²) in [5, 5.41) is 45.0. The number of hydrogen-bond acceptors (Lipinski definition) is 11. The van der Waals surface area contributed by atoms with Crippen LogP contribution < -0.4 is 26.2 Å². The number of carbonyl (C=O) groups excluding carboxylic acids is 2. The van der Waals surface area contributed by atoms with E-state index in [1.165, 1.54) is 12.1 Å². The number of benzene rings is 4. The number of hydrogen-bond donors (Lipinski definition) is 8. The van der Waals surface area contributed by atoms with Crippen LogP contribution in [0, 0.1) is 0 Å². The highest BCUT2D eigenvalue weighted by molar-refractivity contribution is 5.91. The number of ether oxygens (including phenoxy) is 2. The number of para-hydroxylation sites is 1. The molecule has 6 rings (SSSR count). The Bertz CT molecular complexity index is 2490. The summed E-state index contributed by atoms with van der Waals surface area (Å²) in [5.41, 5.74) is 4.96. The van der Waals surface area contributed by atoms with E-state index in [1.54, 1.807) is 19.2 Å². The van der Waals surface area contributed by atoms with E-state index in [2.05, 4.69) is 25.8 Å². The van der Waals surface area contributed by atoms with Gasteiger partial charge in [0.25, 0.3) is 0 Å². The van der Waals surface area contributed by atoms with Crippen LogP contribution in [0.2, 0.25) is 0 Å². The van der Waals surface area contributed by atoms with Gasteiger partial charge in [-0.2, -0.15) is 26.3 Å². The number of nitrogens with zero attached hydrogens (tertiary/aromatic N) is 1. The van der Waals surface area contributed by atoms with E-state index in [-0.39, 0.29) is 35.4 Å². The second-order valence-electron chi connectivity index (χ2n) is 14.7. The van der Waals surface area contributed by atoms with Crippen molar-refractivity contribution in [3.8, 4) is 22.6 Å². The number of fused-ring (bicyclic) bond motifs is 1. The van der Waals surface area contributed by atoms with Crippen molar-refractivity contribution in [1.29, 1.82) is 0 Å². The third kappa shape index (κ3) is 16.6. The summed E-state index contributed by atoms with van der Waals surface area (Å²) in [7, 11) is 1.59. The number of nitrogens with one attached hydrogen (secondary N) is 4. The zero-order chi connectivity index (χ0) is 49.3. The number of methoxy groups -OCH3 is 1. The number of carboxylic acids is 2. The number of aliphatic hydroxyl groups is 1. The number of amides is 2. The van der Waals surface area contributed by atoms with Crippen LogP contribution in [0.1, 0.15) is 42.1 Å². The summed E-state index contributed by atoms with van der Waals surface area (Å²) >= 11 is 0. The molecule has 1 saturated heterocycles. The smallest absolute Gasteiger partial charge is 0.490 e. The number of H-pyrrole nitrogens is 1. The maximum absolute atomic E-state index is 12.7. The number of halogens is 6. The fraction of sp³-hybridized carbons (Fsp3) is 0.311. The number of carbonyl (C=O) groups is 4. The first-order valence-corrected chi connectivity index (χ1v) is 20.3. The van der Waals surface area contributed by atoms with Crippen LogP contribution in [0.4, 0.5) is 36.8 Å². The summed E-state index contributed by atoms with van der Waals surface area (Å²) in [5.74, 6) is -4.97. The van der Waals surface area contributed by atoms with Gasteiger partial charge in [0.1, 0.15) is 17.6 Å². The van der Waals surface area contributed by atoms with Crippen molar-refractivity contribution in [3.63, 3.8) is 0 Å². The molecule has 0 saturated carbocycles. The minimum absolute atomic E-state index is 0.0515. The molecule has 67 heavy (non-hydrogen) atoms. The summed E-state index contributed by atoms with van der Waals surface area (Å²) in [6, 6.07) is 29.3. The van der Waals surface area contributed by atoms with Gasteiger partial charge in [0.2, 0.25) is 11.5 Å². The highest BCUT2D eigenvalue weighted by Gasteiger charge is 2.39. The molecule has 360 valence electrons. The van der Waals surface area contributed by atoms with Crippen molar-refractivity contribution in [2.75, 3.05) is 38.6 Å². The Labute approximate surface area is 378 Å². The van der Waals surface area contributed by atoms with Gasteiger partial charge in [-0.15, -0.1) is 0 Å². The first-order chi connectivity index (χ1) is 31.7. The van der Waals surface area contributed by atoms with Gasteiger partial charge in [0.15, 0.2) is 0 Å². The van der Waals surface area contributed by atoms with Crippen LogP contribution >= 0.6 is 0 Å². The molecule has 1 aliphatic rings. The van der Waals surface area contributed by atoms with Crippen molar-refractivity contribution >= 4 is 40.5 Å². The first-order valence-electron chi connectivity index (χ1n) is 20.3. The number of phenolic OH excluding ortho intramolecular Hbond substituents is 1. The number of aromatic nitrogens is 1. The number of pyridine rings is 1. The molecule has 1 atom stereocenters. The fourth-order valence-corrected chi connectivity index (χ4v) is 6.60. The highest BCUT2D eigenvalue weighted by atomic mass is 19.4. The lowest BCUT2D eigenvalue weighted by Crippen LogP contribution is -2.40. The van der Waals surface area contributed by atoms with Crippen LogP contribution in [0.3, 0.4) is 0 Å². The quantitative estimate of drug-likeness (QED) is 0.0541. The fourth-order valence-electron chi connectivity index (χ4n) is 6.60. The minimum Gasteiger partial charge on any atom is -0.506 e. The van der Waals surface area contributed by atoms with Crippen molar-refractivity contribution in [1.82, 2.24) is 20.5 Å². The highest BCUT2D eigenvalue weighted by Crippen LogP contribution is 2.30. The van der Waals surface area contributed by atoms with Gasteiger partial charge in [0.05, 0.1) is 24.4 Å². The molecule has 2 heterocycles. The van der Waals surface area contributed by atoms with Crippen molar-refractivity contribution < 1.29 is 75.4 Å².